The number of piperidine rings is 1. The first kappa shape index (κ1) is 14.2. The SMILES string of the molecule is Cc1nc(-c2ccsc2)ccc1C(=O)N1CCC(O)CC1. The van der Waals surface area contributed by atoms with E-state index < -0.39 is 0 Å². The van der Waals surface area contributed by atoms with Gasteiger partial charge in [-0.2, -0.15) is 11.3 Å². The van der Waals surface area contributed by atoms with Gasteiger partial charge >= 0.3 is 0 Å². The van der Waals surface area contributed by atoms with Crippen molar-refractivity contribution in [3.63, 3.8) is 0 Å². The summed E-state index contributed by atoms with van der Waals surface area (Å²) in [5, 5.41) is 13.6. The van der Waals surface area contributed by atoms with E-state index in [-0.39, 0.29) is 12.0 Å². The number of aromatic nitrogens is 1. The van der Waals surface area contributed by atoms with Gasteiger partial charge in [0.15, 0.2) is 0 Å². The van der Waals surface area contributed by atoms with Crippen molar-refractivity contribution in [2.45, 2.75) is 25.9 Å². The van der Waals surface area contributed by atoms with Crippen LogP contribution in [0.15, 0.2) is 29.0 Å². The van der Waals surface area contributed by atoms with Crippen LogP contribution in [0.1, 0.15) is 28.9 Å². The topological polar surface area (TPSA) is 53.4 Å². The minimum absolute atomic E-state index is 0.0174. The molecule has 0 aromatic carbocycles. The zero-order valence-corrected chi connectivity index (χ0v) is 12.8. The summed E-state index contributed by atoms with van der Waals surface area (Å²) in [6.07, 6.45) is 1.05. The Labute approximate surface area is 128 Å². The first-order chi connectivity index (χ1) is 10.1. The van der Waals surface area contributed by atoms with Crippen molar-refractivity contribution < 1.29 is 9.90 Å². The van der Waals surface area contributed by atoms with E-state index in [2.05, 4.69) is 10.4 Å². The molecule has 1 amide bonds. The van der Waals surface area contributed by atoms with E-state index in [0.29, 0.717) is 31.5 Å². The summed E-state index contributed by atoms with van der Waals surface area (Å²) in [6, 6.07) is 5.80. The molecule has 1 N–H and O–H groups in total. The third-order valence-corrected chi connectivity index (χ3v) is 4.57. The Kier molecular flexibility index (Phi) is 4.03. The number of aliphatic hydroxyl groups is 1. The van der Waals surface area contributed by atoms with Crippen LogP contribution < -0.4 is 0 Å². The molecule has 1 saturated heterocycles. The highest BCUT2D eigenvalue weighted by atomic mass is 32.1. The average Bonchev–Trinajstić information content (AvgIpc) is 3.01. The normalized spacial score (nSPS) is 16.2. The number of thiophene rings is 1. The fraction of sp³-hybridized carbons (Fsp3) is 0.375. The summed E-state index contributed by atoms with van der Waals surface area (Å²) >= 11 is 1.63. The van der Waals surface area contributed by atoms with E-state index in [1.807, 2.05) is 30.5 Å². The lowest BCUT2D eigenvalue weighted by molar-refractivity contribution is 0.0545. The number of rotatable bonds is 2. The standard InChI is InChI=1S/C16H18N2O2S/c1-11-14(16(20)18-7-4-13(19)5-8-18)2-3-15(17-11)12-6-9-21-10-12/h2-3,6,9-10,13,19H,4-5,7-8H2,1H3. The number of nitrogens with zero attached hydrogens (tertiary/aromatic N) is 2. The quantitative estimate of drug-likeness (QED) is 0.928. The molecule has 110 valence electrons. The molecular formula is C16H18N2O2S. The summed E-state index contributed by atoms with van der Waals surface area (Å²) in [5.74, 6) is 0.0174. The van der Waals surface area contributed by atoms with Crippen LogP contribution in [0.5, 0.6) is 0 Å². The zero-order chi connectivity index (χ0) is 14.8. The van der Waals surface area contributed by atoms with Crippen molar-refractivity contribution in [2.75, 3.05) is 13.1 Å². The molecule has 1 aliphatic heterocycles. The highest BCUT2D eigenvalue weighted by molar-refractivity contribution is 7.08. The van der Waals surface area contributed by atoms with Crippen molar-refractivity contribution in [2.24, 2.45) is 0 Å². The third kappa shape index (κ3) is 2.99. The second kappa shape index (κ2) is 5.95. The maximum atomic E-state index is 12.5. The zero-order valence-electron chi connectivity index (χ0n) is 12.0. The Morgan fingerprint density at radius 1 is 1.33 bits per heavy atom. The molecule has 0 bridgehead atoms. The molecule has 0 unspecified atom stereocenters. The van der Waals surface area contributed by atoms with Crippen LogP contribution in [0.25, 0.3) is 11.3 Å². The number of pyridine rings is 1. The van der Waals surface area contributed by atoms with Gasteiger partial charge in [0.25, 0.3) is 5.91 Å². The van der Waals surface area contributed by atoms with Crippen LogP contribution in [0.2, 0.25) is 0 Å². The molecule has 0 radical (unpaired) electrons. The molecular weight excluding hydrogens is 284 g/mol. The lowest BCUT2D eigenvalue weighted by Crippen LogP contribution is -2.40. The first-order valence-corrected chi connectivity index (χ1v) is 8.07. The Balaban J connectivity index is 1.81. The lowest BCUT2D eigenvalue weighted by atomic mass is 10.1. The molecule has 3 heterocycles. The molecule has 4 nitrogen and oxygen atoms in total. The Morgan fingerprint density at radius 3 is 2.71 bits per heavy atom. The van der Waals surface area contributed by atoms with E-state index >= 15 is 0 Å². The predicted molar refractivity (Wildman–Crippen MR) is 83.4 cm³/mol. The van der Waals surface area contributed by atoms with Gasteiger partial charge in [-0.15, -0.1) is 0 Å². The maximum absolute atomic E-state index is 12.5. The number of hydrogen-bond donors (Lipinski definition) is 1. The number of carbonyl (C=O) groups excluding carboxylic acids is 1. The molecule has 1 aliphatic rings. The number of carbonyl (C=O) groups is 1. The van der Waals surface area contributed by atoms with Crippen LogP contribution >= 0.6 is 11.3 Å². The summed E-state index contributed by atoms with van der Waals surface area (Å²) < 4.78 is 0. The summed E-state index contributed by atoms with van der Waals surface area (Å²) in [5.41, 5.74) is 3.41. The molecule has 0 atom stereocenters. The molecule has 2 aromatic rings. The van der Waals surface area contributed by atoms with Gasteiger partial charge < -0.3 is 10.0 Å². The van der Waals surface area contributed by atoms with E-state index in [9.17, 15) is 9.90 Å². The summed E-state index contributed by atoms with van der Waals surface area (Å²) in [6.45, 7) is 3.11. The smallest absolute Gasteiger partial charge is 0.255 e. The number of aliphatic hydroxyl groups excluding tert-OH is 1. The average molecular weight is 302 g/mol. The third-order valence-electron chi connectivity index (χ3n) is 3.88. The van der Waals surface area contributed by atoms with Crippen molar-refractivity contribution in [1.29, 1.82) is 0 Å². The van der Waals surface area contributed by atoms with Crippen molar-refractivity contribution >= 4 is 17.2 Å². The largest absolute Gasteiger partial charge is 0.393 e. The Bertz CT molecular complexity index is 632. The van der Waals surface area contributed by atoms with Crippen molar-refractivity contribution in [1.82, 2.24) is 9.88 Å². The molecule has 2 aromatic heterocycles. The van der Waals surface area contributed by atoms with Crippen molar-refractivity contribution in [3.8, 4) is 11.3 Å². The van der Waals surface area contributed by atoms with E-state index in [1.165, 1.54) is 0 Å². The second-order valence-electron chi connectivity index (χ2n) is 5.36. The minimum atomic E-state index is -0.269. The van der Waals surface area contributed by atoms with Gasteiger partial charge in [0.1, 0.15) is 0 Å². The van der Waals surface area contributed by atoms with E-state index in [0.717, 1.165) is 17.0 Å². The number of hydrogen-bond acceptors (Lipinski definition) is 4. The molecule has 1 fully saturated rings. The number of amides is 1. The Hall–Kier alpha value is -1.72. The van der Waals surface area contributed by atoms with Gasteiger partial charge in [0.05, 0.1) is 23.1 Å². The van der Waals surface area contributed by atoms with Gasteiger partial charge in [0.2, 0.25) is 0 Å². The molecule has 0 aliphatic carbocycles. The van der Waals surface area contributed by atoms with E-state index in [1.54, 1.807) is 16.2 Å². The fourth-order valence-corrected chi connectivity index (χ4v) is 3.25. The van der Waals surface area contributed by atoms with Crippen LogP contribution in [-0.2, 0) is 0 Å². The molecule has 0 spiro atoms. The van der Waals surface area contributed by atoms with Crippen LogP contribution in [0.4, 0.5) is 0 Å². The summed E-state index contributed by atoms with van der Waals surface area (Å²) in [4.78, 5) is 18.9. The summed E-state index contributed by atoms with van der Waals surface area (Å²) in [7, 11) is 0. The van der Waals surface area contributed by atoms with Gasteiger partial charge in [-0.25, -0.2) is 0 Å². The fourth-order valence-electron chi connectivity index (χ4n) is 2.60. The Morgan fingerprint density at radius 2 is 2.10 bits per heavy atom. The molecule has 5 heteroatoms. The number of likely N-dealkylation sites (tertiary alicyclic amines) is 1. The van der Waals surface area contributed by atoms with Gasteiger partial charge in [0, 0.05) is 24.0 Å². The van der Waals surface area contributed by atoms with Crippen LogP contribution in [0.3, 0.4) is 0 Å². The van der Waals surface area contributed by atoms with Gasteiger partial charge in [-0.05, 0) is 43.3 Å². The number of aryl methyl sites for hydroxylation is 1. The minimum Gasteiger partial charge on any atom is -0.393 e. The van der Waals surface area contributed by atoms with Crippen molar-refractivity contribution in [3.05, 3.63) is 40.2 Å². The first-order valence-electron chi connectivity index (χ1n) is 7.12. The lowest BCUT2D eigenvalue weighted by Gasteiger charge is -2.30. The maximum Gasteiger partial charge on any atom is 0.255 e. The van der Waals surface area contributed by atoms with Crippen LogP contribution in [-0.4, -0.2) is 40.1 Å². The van der Waals surface area contributed by atoms with Crippen LogP contribution in [0, 0.1) is 6.92 Å². The van der Waals surface area contributed by atoms with Gasteiger partial charge in [-0.3, -0.25) is 9.78 Å². The second-order valence-corrected chi connectivity index (χ2v) is 6.14. The predicted octanol–water partition coefficient (Wildman–Crippen LogP) is 2.72. The van der Waals surface area contributed by atoms with Gasteiger partial charge in [-0.1, -0.05) is 0 Å². The van der Waals surface area contributed by atoms with E-state index in [4.69, 9.17) is 0 Å². The molecule has 3 rings (SSSR count). The molecule has 0 saturated carbocycles. The highest BCUT2D eigenvalue weighted by Crippen LogP contribution is 2.22. The molecule has 21 heavy (non-hydrogen) atoms. The monoisotopic (exact) mass is 302 g/mol. The highest BCUT2D eigenvalue weighted by Gasteiger charge is 2.23.